The molecule has 2 atom stereocenters. The van der Waals surface area contributed by atoms with E-state index in [2.05, 4.69) is 29.0 Å². The first-order valence-electron chi connectivity index (χ1n) is 7.50. The Labute approximate surface area is 121 Å². The summed E-state index contributed by atoms with van der Waals surface area (Å²) in [4.78, 5) is 6.49. The van der Waals surface area contributed by atoms with Crippen LogP contribution in [0.2, 0.25) is 0 Å². The summed E-state index contributed by atoms with van der Waals surface area (Å²) in [7, 11) is 0. The maximum Gasteiger partial charge on any atom is 0.123 e. The van der Waals surface area contributed by atoms with Gasteiger partial charge in [0.2, 0.25) is 0 Å². The lowest BCUT2D eigenvalue weighted by Crippen LogP contribution is -2.53. The van der Waals surface area contributed by atoms with Crippen LogP contribution in [0.4, 0.5) is 5.82 Å². The second kappa shape index (κ2) is 7.57. The highest BCUT2D eigenvalue weighted by Crippen LogP contribution is 2.14. The molecule has 5 nitrogen and oxygen atoms in total. The molecule has 0 saturated carbocycles. The second-order valence-corrected chi connectivity index (χ2v) is 5.26. The molecule has 0 radical (unpaired) electrons. The number of aromatic nitrogens is 1. The molecule has 20 heavy (non-hydrogen) atoms. The first-order chi connectivity index (χ1) is 9.72. The minimum atomic E-state index is 0.234. The number of hydrogen-bond donors (Lipinski definition) is 2. The van der Waals surface area contributed by atoms with E-state index in [1.54, 1.807) is 6.20 Å². The fourth-order valence-corrected chi connectivity index (χ4v) is 2.73. The Kier molecular flexibility index (Phi) is 5.76. The van der Waals surface area contributed by atoms with E-state index >= 15 is 0 Å². The predicted molar refractivity (Wildman–Crippen MR) is 81.7 cm³/mol. The van der Waals surface area contributed by atoms with Gasteiger partial charge in [-0.2, -0.15) is 0 Å². The molecule has 0 aliphatic carbocycles. The number of anilines is 1. The highest BCUT2D eigenvalue weighted by Gasteiger charge is 2.27. The largest absolute Gasteiger partial charge is 0.384 e. The molecule has 2 rings (SSSR count). The number of pyridine rings is 1. The highest BCUT2D eigenvalue weighted by molar-refractivity contribution is 5.32. The average molecular weight is 278 g/mol. The first kappa shape index (κ1) is 15.2. The monoisotopic (exact) mass is 278 g/mol. The quantitative estimate of drug-likeness (QED) is 0.809. The average Bonchev–Trinajstić information content (AvgIpc) is 2.47. The van der Waals surface area contributed by atoms with Gasteiger partial charge in [-0.1, -0.05) is 13.8 Å². The number of morpholine rings is 1. The maximum atomic E-state index is 5.98. The zero-order valence-corrected chi connectivity index (χ0v) is 12.5. The van der Waals surface area contributed by atoms with Crippen LogP contribution in [0.25, 0.3) is 0 Å². The van der Waals surface area contributed by atoms with Crippen molar-refractivity contribution >= 4 is 5.82 Å². The van der Waals surface area contributed by atoms with Crippen molar-refractivity contribution in [1.82, 2.24) is 15.2 Å². The fraction of sp³-hybridized carbons (Fsp3) is 0.667. The third-order valence-corrected chi connectivity index (χ3v) is 3.84. The molecule has 5 heteroatoms. The Bertz CT molecular complexity index is 413. The second-order valence-electron chi connectivity index (χ2n) is 5.26. The van der Waals surface area contributed by atoms with Gasteiger partial charge >= 0.3 is 0 Å². The van der Waals surface area contributed by atoms with Crippen LogP contribution in [0.3, 0.4) is 0 Å². The first-order valence-corrected chi connectivity index (χ1v) is 7.50. The lowest BCUT2D eigenvalue weighted by Gasteiger charge is -2.37. The Morgan fingerprint density at radius 1 is 1.55 bits per heavy atom. The molecule has 1 aliphatic rings. The van der Waals surface area contributed by atoms with Crippen molar-refractivity contribution in [3.63, 3.8) is 0 Å². The van der Waals surface area contributed by atoms with Crippen molar-refractivity contribution in [3.8, 4) is 0 Å². The summed E-state index contributed by atoms with van der Waals surface area (Å²) >= 11 is 0. The Morgan fingerprint density at radius 3 is 3.10 bits per heavy atom. The van der Waals surface area contributed by atoms with Crippen LogP contribution in [-0.4, -0.2) is 54.8 Å². The highest BCUT2D eigenvalue weighted by atomic mass is 16.5. The number of rotatable bonds is 6. The van der Waals surface area contributed by atoms with Crippen LogP contribution in [0.5, 0.6) is 0 Å². The molecule has 1 saturated heterocycles. The SMILES string of the molecule is CCNC(Cc1ccnc(N)c1)C1CN(CC)CCO1. The number of likely N-dealkylation sites (N-methyl/N-ethyl adjacent to an activating group) is 2. The van der Waals surface area contributed by atoms with Crippen LogP contribution in [0.15, 0.2) is 18.3 Å². The van der Waals surface area contributed by atoms with Crippen LogP contribution in [0.1, 0.15) is 19.4 Å². The molecule has 2 unspecified atom stereocenters. The Balaban J connectivity index is 2.02. The summed E-state index contributed by atoms with van der Waals surface area (Å²) in [5, 5.41) is 3.55. The van der Waals surface area contributed by atoms with E-state index in [-0.39, 0.29) is 6.10 Å². The summed E-state index contributed by atoms with van der Waals surface area (Å²) in [5.74, 6) is 0.581. The molecular weight excluding hydrogens is 252 g/mol. The van der Waals surface area contributed by atoms with Gasteiger partial charge in [0.25, 0.3) is 0 Å². The van der Waals surface area contributed by atoms with Gasteiger partial charge in [-0.15, -0.1) is 0 Å². The zero-order chi connectivity index (χ0) is 14.4. The summed E-state index contributed by atoms with van der Waals surface area (Å²) in [5.41, 5.74) is 6.97. The van der Waals surface area contributed by atoms with Crippen molar-refractivity contribution in [3.05, 3.63) is 23.9 Å². The van der Waals surface area contributed by atoms with Crippen LogP contribution >= 0.6 is 0 Å². The van der Waals surface area contributed by atoms with Gasteiger partial charge in [0.05, 0.1) is 12.7 Å². The molecule has 1 aliphatic heterocycles. The van der Waals surface area contributed by atoms with Crippen molar-refractivity contribution in [2.24, 2.45) is 0 Å². The van der Waals surface area contributed by atoms with Crippen molar-refractivity contribution < 1.29 is 4.74 Å². The minimum absolute atomic E-state index is 0.234. The van der Waals surface area contributed by atoms with Crippen molar-refractivity contribution in [1.29, 1.82) is 0 Å². The fourth-order valence-electron chi connectivity index (χ4n) is 2.73. The Hall–Kier alpha value is -1.17. The van der Waals surface area contributed by atoms with E-state index in [9.17, 15) is 0 Å². The molecule has 0 spiro atoms. The third-order valence-electron chi connectivity index (χ3n) is 3.84. The Morgan fingerprint density at radius 2 is 2.40 bits per heavy atom. The van der Waals surface area contributed by atoms with Crippen LogP contribution in [-0.2, 0) is 11.2 Å². The summed E-state index contributed by atoms with van der Waals surface area (Å²) in [6, 6.07) is 4.29. The van der Waals surface area contributed by atoms with Gasteiger partial charge in [0.1, 0.15) is 5.82 Å². The third kappa shape index (κ3) is 4.16. The van der Waals surface area contributed by atoms with E-state index < -0.39 is 0 Å². The van der Waals surface area contributed by atoms with E-state index in [1.807, 2.05) is 12.1 Å². The molecule has 112 valence electrons. The summed E-state index contributed by atoms with van der Waals surface area (Å²) in [6.07, 6.45) is 2.93. The van der Waals surface area contributed by atoms with Gasteiger partial charge in [0.15, 0.2) is 0 Å². The van der Waals surface area contributed by atoms with Gasteiger partial charge in [0, 0.05) is 25.3 Å². The van der Waals surface area contributed by atoms with E-state index in [0.717, 1.165) is 39.2 Å². The molecule has 0 amide bonds. The maximum absolute atomic E-state index is 5.98. The lowest BCUT2D eigenvalue weighted by molar-refractivity contribution is -0.0445. The molecule has 1 fully saturated rings. The van der Waals surface area contributed by atoms with Gasteiger partial charge in [-0.3, -0.25) is 4.90 Å². The molecular formula is C15H26N4O. The molecule has 0 bridgehead atoms. The van der Waals surface area contributed by atoms with Gasteiger partial charge in [-0.25, -0.2) is 4.98 Å². The zero-order valence-electron chi connectivity index (χ0n) is 12.5. The topological polar surface area (TPSA) is 63.4 Å². The number of ether oxygens (including phenoxy) is 1. The number of nitrogen functional groups attached to an aromatic ring is 1. The predicted octanol–water partition coefficient (Wildman–Crippen LogP) is 0.905. The van der Waals surface area contributed by atoms with Gasteiger partial charge in [-0.05, 0) is 37.2 Å². The van der Waals surface area contributed by atoms with Gasteiger partial charge < -0.3 is 15.8 Å². The van der Waals surface area contributed by atoms with Crippen LogP contribution < -0.4 is 11.1 Å². The van der Waals surface area contributed by atoms with E-state index in [0.29, 0.717) is 11.9 Å². The lowest BCUT2D eigenvalue weighted by atomic mass is 10.0. The van der Waals surface area contributed by atoms with Crippen molar-refractivity contribution in [2.75, 3.05) is 38.5 Å². The molecule has 2 heterocycles. The molecule has 3 N–H and O–H groups in total. The number of hydrogen-bond acceptors (Lipinski definition) is 5. The smallest absolute Gasteiger partial charge is 0.123 e. The molecule has 1 aromatic heterocycles. The number of nitrogens with two attached hydrogens (primary N) is 1. The number of nitrogens with one attached hydrogen (secondary N) is 1. The summed E-state index contributed by atoms with van der Waals surface area (Å²) < 4.78 is 5.98. The van der Waals surface area contributed by atoms with Crippen molar-refractivity contribution in [2.45, 2.75) is 32.4 Å². The standard InChI is InChI=1S/C15H26N4O/c1-3-17-13(9-12-5-6-18-15(16)10-12)14-11-19(4-2)7-8-20-14/h5-6,10,13-14,17H,3-4,7-9,11H2,1-2H3,(H2,16,18). The van der Waals surface area contributed by atoms with E-state index in [1.165, 1.54) is 5.56 Å². The molecule has 0 aromatic carbocycles. The van der Waals surface area contributed by atoms with Crippen LogP contribution in [0, 0.1) is 0 Å². The normalized spacial score (nSPS) is 21.8. The summed E-state index contributed by atoms with van der Waals surface area (Å²) in [6.45, 7) is 9.21. The molecule has 1 aromatic rings. The minimum Gasteiger partial charge on any atom is -0.384 e. The van der Waals surface area contributed by atoms with E-state index in [4.69, 9.17) is 10.5 Å². The number of nitrogens with zero attached hydrogens (tertiary/aromatic N) is 2.